The van der Waals surface area contributed by atoms with Crippen LogP contribution in [0.15, 0.2) is 11.6 Å². The number of fused-ring (bicyclic) bond motifs is 5. The van der Waals surface area contributed by atoms with E-state index < -0.39 is 0 Å². The Hall–Kier alpha value is -1.12. The lowest BCUT2D eigenvalue weighted by Crippen LogP contribution is -2.48. The molecule has 31 heavy (non-hydrogen) atoms. The average Bonchev–Trinajstić information content (AvgIpc) is 3.09. The van der Waals surface area contributed by atoms with Gasteiger partial charge in [-0.15, -0.1) is 0 Å². The summed E-state index contributed by atoms with van der Waals surface area (Å²) in [5.41, 5.74) is 1.62. The van der Waals surface area contributed by atoms with Crippen molar-refractivity contribution < 1.29 is 14.3 Å². The van der Waals surface area contributed by atoms with E-state index in [1.54, 1.807) is 0 Å². The standard InChI is InChI=1S/C28H44O3/c1-3-4-5-6-7-8-9-10-27(30)31-26-16-15-25-24-13-11-20-19-21(29)12-14-22(20)23(24)17-18-28(25,26)2/h19,22-26H,3-18H2,1-2H3/t22-,23-,24+,25+,26+,28+/m0/s1. The van der Waals surface area contributed by atoms with Crippen LogP contribution < -0.4 is 0 Å². The minimum Gasteiger partial charge on any atom is -0.462 e. The van der Waals surface area contributed by atoms with Crippen LogP contribution >= 0.6 is 0 Å². The summed E-state index contributed by atoms with van der Waals surface area (Å²) in [6, 6.07) is 0. The summed E-state index contributed by atoms with van der Waals surface area (Å²) in [6.45, 7) is 4.67. The molecule has 3 fully saturated rings. The lowest BCUT2D eigenvalue weighted by molar-refractivity contribution is -0.159. The van der Waals surface area contributed by atoms with Crippen LogP contribution in [0.5, 0.6) is 0 Å². The fraction of sp³-hybridized carbons (Fsp3) is 0.857. The molecule has 0 aromatic carbocycles. The van der Waals surface area contributed by atoms with Crippen molar-refractivity contribution in [2.24, 2.45) is 29.1 Å². The van der Waals surface area contributed by atoms with Crippen molar-refractivity contribution in [1.82, 2.24) is 0 Å². The average molecular weight is 429 g/mol. The van der Waals surface area contributed by atoms with Gasteiger partial charge in [-0.25, -0.2) is 0 Å². The fourth-order valence-electron chi connectivity index (χ4n) is 7.77. The number of allylic oxidation sites excluding steroid dienone is 1. The first-order chi connectivity index (χ1) is 15.0. The molecule has 0 aromatic rings. The highest BCUT2D eigenvalue weighted by Crippen LogP contribution is 2.62. The molecule has 0 bridgehead atoms. The Morgan fingerprint density at radius 3 is 2.55 bits per heavy atom. The van der Waals surface area contributed by atoms with Gasteiger partial charge < -0.3 is 4.74 Å². The first-order valence-electron chi connectivity index (χ1n) is 13.5. The molecule has 4 rings (SSSR count). The Balaban J connectivity index is 1.27. The predicted molar refractivity (Wildman–Crippen MR) is 125 cm³/mol. The van der Waals surface area contributed by atoms with E-state index in [4.69, 9.17) is 4.74 Å². The molecule has 3 saturated carbocycles. The van der Waals surface area contributed by atoms with Crippen LogP contribution in [-0.4, -0.2) is 17.9 Å². The highest BCUT2D eigenvalue weighted by atomic mass is 16.5. The Bertz CT molecular complexity index is 680. The number of esters is 1. The number of carbonyl (C=O) groups excluding carboxylic acids is 2. The van der Waals surface area contributed by atoms with Crippen LogP contribution in [0.1, 0.15) is 117 Å². The van der Waals surface area contributed by atoms with Crippen LogP contribution in [0.4, 0.5) is 0 Å². The van der Waals surface area contributed by atoms with Crippen molar-refractivity contribution in [3.8, 4) is 0 Å². The lowest BCUT2D eigenvalue weighted by atomic mass is 9.52. The van der Waals surface area contributed by atoms with Crippen molar-refractivity contribution in [1.29, 1.82) is 0 Å². The number of ketones is 1. The van der Waals surface area contributed by atoms with E-state index in [1.165, 1.54) is 63.4 Å². The highest BCUT2D eigenvalue weighted by molar-refractivity contribution is 5.91. The summed E-state index contributed by atoms with van der Waals surface area (Å²) in [5, 5.41) is 0. The maximum atomic E-state index is 12.6. The van der Waals surface area contributed by atoms with Gasteiger partial charge >= 0.3 is 5.97 Å². The molecule has 0 unspecified atom stereocenters. The monoisotopic (exact) mass is 428 g/mol. The molecule has 0 amide bonds. The summed E-state index contributed by atoms with van der Waals surface area (Å²) in [5.74, 6) is 3.26. The predicted octanol–water partition coefficient (Wildman–Crippen LogP) is 7.18. The molecular formula is C28H44O3. The molecule has 0 aromatic heterocycles. The normalized spacial score (nSPS) is 36.9. The SMILES string of the molecule is CCCCCCCCCC(=O)O[C@@H]1CC[C@@H]2[C@@H]3CCC4=CC(=O)CC[C@@H]4[C@@H]3CC[C@]21C. The lowest BCUT2D eigenvalue weighted by Gasteiger charge is -2.53. The van der Waals surface area contributed by atoms with Gasteiger partial charge in [0.25, 0.3) is 0 Å². The Morgan fingerprint density at radius 1 is 0.968 bits per heavy atom. The van der Waals surface area contributed by atoms with Crippen molar-refractivity contribution in [2.75, 3.05) is 0 Å². The maximum Gasteiger partial charge on any atom is 0.306 e. The van der Waals surface area contributed by atoms with Gasteiger partial charge in [-0.1, -0.05) is 57.9 Å². The third-order valence-electron chi connectivity index (χ3n) is 9.47. The quantitative estimate of drug-likeness (QED) is 0.288. The van der Waals surface area contributed by atoms with Gasteiger partial charge in [0.1, 0.15) is 6.10 Å². The summed E-state index contributed by atoms with van der Waals surface area (Å²) < 4.78 is 6.13. The number of carbonyl (C=O) groups is 2. The van der Waals surface area contributed by atoms with E-state index in [-0.39, 0.29) is 17.5 Å². The number of rotatable bonds is 9. The van der Waals surface area contributed by atoms with Gasteiger partial charge in [-0.05, 0) is 81.1 Å². The van der Waals surface area contributed by atoms with Crippen LogP contribution in [-0.2, 0) is 14.3 Å². The second-order valence-corrected chi connectivity index (χ2v) is 11.3. The maximum absolute atomic E-state index is 12.6. The first kappa shape index (κ1) is 23.1. The van der Waals surface area contributed by atoms with Crippen LogP contribution in [0.25, 0.3) is 0 Å². The summed E-state index contributed by atoms with van der Waals surface area (Å²) in [6.07, 6.45) is 20.3. The molecule has 0 radical (unpaired) electrons. The molecule has 0 aliphatic heterocycles. The van der Waals surface area contributed by atoms with E-state index >= 15 is 0 Å². The summed E-state index contributed by atoms with van der Waals surface area (Å²) in [7, 11) is 0. The Morgan fingerprint density at radius 2 is 1.74 bits per heavy atom. The third-order valence-corrected chi connectivity index (χ3v) is 9.47. The van der Waals surface area contributed by atoms with Gasteiger partial charge in [-0.2, -0.15) is 0 Å². The van der Waals surface area contributed by atoms with Crippen molar-refractivity contribution in [3.63, 3.8) is 0 Å². The largest absolute Gasteiger partial charge is 0.462 e. The van der Waals surface area contributed by atoms with E-state index in [0.29, 0.717) is 24.0 Å². The van der Waals surface area contributed by atoms with E-state index in [9.17, 15) is 9.59 Å². The third kappa shape index (κ3) is 4.96. The molecule has 3 nitrogen and oxygen atoms in total. The number of hydrogen-bond acceptors (Lipinski definition) is 3. The van der Waals surface area contributed by atoms with Crippen LogP contribution in [0, 0.1) is 29.1 Å². The summed E-state index contributed by atoms with van der Waals surface area (Å²) >= 11 is 0. The minimum absolute atomic E-state index is 0.0437. The van der Waals surface area contributed by atoms with Crippen molar-refractivity contribution in [3.05, 3.63) is 11.6 Å². The van der Waals surface area contributed by atoms with Crippen LogP contribution in [0.2, 0.25) is 0 Å². The second kappa shape index (κ2) is 10.2. The summed E-state index contributed by atoms with van der Waals surface area (Å²) in [4.78, 5) is 24.5. The zero-order valence-corrected chi connectivity index (χ0v) is 20.0. The zero-order chi connectivity index (χ0) is 21.8. The molecule has 0 spiro atoms. The molecule has 4 aliphatic rings. The fourth-order valence-corrected chi connectivity index (χ4v) is 7.77. The zero-order valence-electron chi connectivity index (χ0n) is 20.0. The van der Waals surface area contributed by atoms with E-state index in [0.717, 1.165) is 50.4 Å². The van der Waals surface area contributed by atoms with Crippen molar-refractivity contribution in [2.45, 2.75) is 123 Å². The smallest absolute Gasteiger partial charge is 0.306 e. The molecular weight excluding hydrogens is 384 g/mol. The van der Waals surface area contributed by atoms with Crippen molar-refractivity contribution >= 4 is 11.8 Å². The molecule has 0 heterocycles. The van der Waals surface area contributed by atoms with Crippen LogP contribution in [0.3, 0.4) is 0 Å². The van der Waals surface area contributed by atoms with E-state index in [1.807, 2.05) is 6.08 Å². The van der Waals surface area contributed by atoms with Gasteiger partial charge in [0.15, 0.2) is 5.78 Å². The Kier molecular flexibility index (Phi) is 7.60. The van der Waals surface area contributed by atoms with Gasteiger partial charge in [0.05, 0.1) is 0 Å². The second-order valence-electron chi connectivity index (χ2n) is 11.3. The molecule has 0 saturated heterocycles. The highest BCUT2D eigenvalue weighted by Gasteiger charge is 2.57. The topological polar surface area (TPSA) is 43.4 Å². The molecule has 0 N–H and O–H groups in total. The van der Waals surface area contributed by atoms with Gasteiger partial charge in [-0.3, -0.25) is 9.59 Å². The Labute approximate surface area is 189 Å². The first-order valence-corrected chi connectivity index (χ1v) is 13.5. The number of unbranched alkanes of at least 4 members (excludes halogenated alkanes) is 6. The van der Waals surface area contributed by atoms with Gasteiger partial charge in [0.2, 0.25) is 0 Å². The minimum atomic E-state index is 0.0437. The molecule has 4 aliphatic carbocycles. The number of ether oxygens (including phenoxy) is 1. The molecule has 3 heteroatoms. The molecule has 174 valence electrons. The van der Waals surface area contributed by atoms with Gasteiger partial charge in [0, 0.05) is 18.3 Å². The molecule has 6 atom stereocenters. The van der Waals surface area contributed by atoms with E-state index in [2.05, 4.69) is 13.8 Å². The number of hydrogen-bond donors (Lipinski definition) is 0.